The maximum absolute atomic E-state index is 11.7. The van der Waals surface area contributed by atoms with Crippen LogP contribution in [0.4, 0.5) is 0 Å². The number of hydrogen-bond acceptors (Lipinski definition) is 2. The zero-order valence-corrected chi connectivity index (χ0v) is 9.40. The van der Waals surface area contributed by atoms with E-state index in [1.54, 1.807) is 0 Å². The van der Waals surface area contributed by atoms with Crippen molar-refractivity contribution in [3.8, 4) is 0 Å². The van der Waals surface area contributed by atoms with Gasteiger partial charge in [-0.2, -0.15) is 0 Å². The third kappa shape index (κ3) is 3.22. The van der Waals surface area contributed by atoms with Crippen LogP contribution in [0.2, 0.25) is 0 Å². The van der Waals surface area contributed by atoms with Crippen LogP contribution in [0.15, 0.2) is 0 Å². The Labute approximate surface area is 90.3 Å². The minimum Gasteiger partial charge on any atom is -0.481 e. The van der Waals surface area contributed by atoms with Crippen LogP contribution in [0, 0.1) is 5.92 Å². The molecule has 4 nitrogen and oxygen atoms in total. The lowest BCUT2D eigenvalue weighted by Gasteiger charge is -2.27. The number of carbonyl (C=O) groups excluding carboxylic acids is 1. The first-order valence-corrected chi connectivity index (χ1v) is 5.53. The van der Waals surface area contributed by atoms with Gasteiger partial charge in [0.1, 0.15) is 0 Å². The molecule has 4 heteroatoms. The summed E-state index contributed by atoms with van der Waals surface area (Å²) in [7, 11) is 0. The topological polar surface area (TPSA) is 57.6 Å². The van der Waals surface area contributed by atoms with E-state index in [-0.39, 0.29) is 18.7 Å². The molecule has 1 aliphatic heterocycles. The molecule has 0 aromatic rings. The van der Waals surface area contributed by atoms with Crippen LogP contribution < -0.4 is 0 Å². The standard InChI is InChI=1S/C11H19NO3/c1-8(2)9-4-3-7-12(9)10(13)5-6-11(14)15/h8-9H,3-7H2,1-2H3,(H,14,15). The number of likely N-dealkylation sites (tertiary alicyclic amines) is 1. The highest BCUT2D eigenvalue weighted by Gasteiger charge is 2.30. The number of carboxylic acid groups (broad SMARTS) is 1. The van der Waals surface area contributed by atoms with E-state index >= 15 is 0 Å². The molecule has 15 heavy (non-hydrogen) atoms. The molecule has 86 valence electrons. The Balaban J connectivity index is 2.47. The second-order valence-electron chi connectivity index (χ2n) is 4.43. The first-order valence-electron chi connectivity index (χ1n) is 5.53. The number of nitrogens with zero attached hydrogens (tertiary/aromatic N) is 1. The molecule has 1 fully saturated rings. The summed E-state index contributed by atoms with van der Waals surface area (Å²) in [6.45, 7) is 5.00. The monoisotopic (exact) mass is 213 g/mol. The maximum atomic E-state index is 11.7. The average molecular weight is 213 g/mol. The average Bonchev–Trinajstić information content (AvgIpc) is 2.62. The fourth-order valence-corrected chi connectivity index (χ4v) is 2.15. The normalized spacial score (nSPS) is 21.0. The molecule has 0 aliphatic carbocycles. The highest BCUT2D eigenvalue weighted by atomic mass is 16.4. The SMILES string of the molecule is CC(C)C1CCCN1C(=O)CCC(=O)O. The molecule has 0 aromatic heterocycles. The first-order chi connectivity index (χ1) is 7.02. The van der Waals surface area contributed by atoms with Gasteiger partial charge < -0.3 is 10.0 Å². The molecule has 1 atom stereocenters. The third-order valence-electron chi connectivity index (χ3n) is 2.94. The Morgan fingerprint density at radius 1 is 1.40 bits per heavy atom. The summed E-state index contributed by atoms with van der Waals surface area (Å²) in [5.41, 5.74) is 0. The van der Waals surface area contributed by atoms with Crippen molar-refractivity contribution < 1.29 is 14.7 Å². The molecule has 0 aromatic carbocycles. The van der Waals surface area contributed by atoms with Crippen molar-refractivity contribution in [2.24, 2.45) is 5.92 Å². The lowest BCUT2D eigenvalue weighted by molar-refractivity contribution is -0.141. The summed E-state index contributed by atoms with van der Waals surface area (Å²) >= 11 is 0. The largest absolute Gasteiger partial charge is 0.481 e. The molecule has 1 unspecified atom stereocenters. The predicted octanol–water partition coefficient (Wildman–Crippen LogP) is 1.50. The van der Waals surface area contributed by atoms with Crippen molar-refractivity contribution in [3.05, 3.63) is 0 Å². The Kier molecular flexibility index (Phi) is 4.12. The van der Waals surface area contributed by atoms with Gasteiger partial charge in [0, 0.05) is 19.0 Å². The second kappa shape index (κ2) is 5.14. The van der Waals surface area contributed by atoms with Crippen LogP contribution in [0.3, 0.4) is 0 Å². The summed E-state index contributed by atoms with van der Waals surface area (Å²) in [6, 6.07) is 0.311. The number of hydrogen-bond donors (Lipinski definition) is 1. The fraction of sp³-hybridized carbons (Fsp3) is 0.818. The van der Waals surface area contributed by atoms with E-state index in [9.17, 15) is 9.59 Å². The van der Waals surface area contributed by atoms with Crippen LogP contribution in [0.1, 0.15) is 39.5 Å². The quantitative estimate of drug-likeness (QED) is 0.769. The molecule has 1 N–H and O–H groups in total. The van der Waals surface area contributed by atoms with Gasteiger partial charge in [-0.1, -0.05) is 13.8 Å². The number of rotatable bonds is 4. The minimum atomic E-state index is -0.899. The van der Waals surface area contributed by atoms with Crippen molar-refractivity contribution in [3.63, 3.8) is 0 Å². The smallest absolute Gasteiger partial charge is 0.303 e. The van der Waals surface area contributed by atoms with E-state index in [0.717, 1.165) is 19.4 Å². The van der Waals surface area contributed by atoms with Crippen molar-refractivity contribution in [2.45, 2.75) is 45.6 Å². The van der Waals surface area contributed by atoms with Gasteiger partial charge in [-0.05, 0) is 18.8 Å². The molecule has 1 saturated heterocycles. The number of carboxylic acids is 1. The molecular formula is C11H19NO3. The summed E-state index contributed by atoms with van der Waals surface area (Å²) in [4.78, 5) is 23.9. The van der Waals surface area contributed by atoms with E-state index < -0.39 is 5.97 Å². The van der Waals surface area contributed by atoms with Crippen molar-refractivity contribution in [2.75, 3.05) is 6.54 Å². The lowest BCUT2D eigenvalue weighted by Crippen LogP contribution is -2.38. The van der Waals surface area contributed by atoms with Gasteiger partial charge in [0.25, 0.3) is 0 Å². The lowest BCUT2D eigenvalue weighted by atomic mass is 10.0. The van der Waals surface area contributed by atoms with Crippen molar-refractivity contribution in [1.82, 2.24) is 4.90 Å². The molecule has 0 radical (unpaired) electrons. The maximum Gasteiger partial charge on any atom is 0.303 e. The van der Waals surface area contributed by atoms with Gasteiger partial charge in [0.15, 0.2) is 0 Å². The van der Waals surface area contributed by atoms with Gasteiger partial charge in [0.2, 0.25) is 5.91 Å². The number of aliphatic carboxylic acids is 1. The van der Waals surface area contributed by atoms with Crippen LogP contribution in [0.25, 0.3) is 0 Å². The predicted molar refractivity (Wildman–Crippen MR) is 56.4 cm³/mol. The summed E-state index contributed by atoms with van der Waals surface area (Å²) in [5.74, 6) is -0.446. The zero-order chi connectivity index (χ0) is 11.4. The summed E-state index contributed by atoms with van der Waals surface area (Å²) < 4.78 is 0. The highest BCUT2D eigenvalue weighted by molar-refractivity contribution is 5.81. The van der Waals surface area contributed by atoms with E-state index in [0.29, 0.717) is 12.0 Å². The van der Waals surface area contributed by atoms with Crippen LogP contribution in [-0.2, 0) is 9.59 Å². The van der Waals surface area contributed by atoms with Crippen LogP contribution in [-0.4, -0.2) is 34.5 Å². The van der Waals surface area contributed by atoms with Gasteiger partial charge in [-0.25, -0.2) is 0 Å². The van der Waals surface area contributed by atoms with Gasteiger partial charge in [0.05, 0.1) is 6.42 Å². The molecule has 0 saturated carbocycles. The molecule has 1 rings (SSSR count). The van der Waals surface area contributed by atoms with E-state index in [1.807, 2.05) is 4.90 Å². The Hall–Kier alpha value is -1.06. The molecule has 0 bridgehead atoms. The van der Waals surface area contributed by atoms with Crippen LogP contribution >= 0.6 is 0 Å². The zero-order valence-electron chi connectivity index (χ0n) is 9.40. The third-order valence-corrected chi connectivity index (χ3v) is 2.94. The van der Waals surface area contributed by atoms with E-state index in [1.165, 1.54) is 0 Å². The second-order valence-corrected chi connectivity index (χ2v) is 4.43. The van der Waals surface area contributed by atoms with Crippen molar-refractivity contribution >= 4 is 11.9 Å². The van der Waals surface area contributed by atoms with Gasteiger partial charge in [-0.3, -0.25) is 9.59 Å². The molecule has 0 spiro atoms. The molecule has 1 aliphatic rings. The molecule has 1 amide bonds. The Bertz CT molecular complexity index is 250. The van der Waals surface area contributed by atoms with E-state index in [4.69, 9.17) is 5.11 Å². The van der Waals surface area contributed by atoms with E-state index in [2.05, 4.69) is 13.8 Å². The Morgan fingerprint density at radius 3 is 2.60 bits per heavy atom. The fourth-order valence-electron chi connectivity index (χ4n) is 2.15. The molecule has 1 heterocycles. The highest BCUT2D eigenvalue weighted by Crippen LogP contribution is 2.24. The molecular weight excluding hydrogens is 194 g/mol. The Morgan fingerprint density at radius 2 is 2.07 bits per heavy atom. The summed E-state index contributed by atoms with van der Waals surface area (Å²) in [6.07, 6.45) is 2.18. The van der Waals surface area contributed by atoms with Crippen LogP contribution in [0.5, 0.6) is 0 Å². The number of amides is 1. The number of carbonyl (C=O) groups is 2. The van der Waals surface area contributed by atoms with Gasteiger partial charge in [-0.15, -0.1) is 0 Å². The summed E-state index contributed by atoms with van der Waals surface area (Å²) in [5, 5.41) is 8.51. The van der Waals surface area contributed by atoms with Gasteiger partial charge >= 0.3 is 5.97 Å². The first kappa shape index (κ1) is 12.0. The minimum absolute atomic E-state index is 0.00593. The van der Waals surface area contributed by atoms with Crippen molar-refractivity contribution in [1.29, 1.82) is 0 Å².